The summed E-state index contributed by atoms with van der Waals surface area (Å²) < 4.78 is 13.6. The molecule has 0 saturated heterocycles. The van der Waals surface area contributed by atoms with Crippen molar-refractivity contribution in [3.05, 3.63) is 98.2 Å². The van der Waals surface area contributed by atoms with Crippen LogP contribution >= 0.6 is 0 Å². The van der Waals surface area contributed by atoms with Crippen LogP contribution in [0.1, 0.15) is 27.4 Å². The van der Waals surface area contributed by atoms with Gasteiger partial charge in [0.05, 0.1) is 18.6 Å². The standard InChI is InChI=1S/C25H20N2O5/c1-26-23(29)21-20(22(28)15-8-6-9-16(13-15)31-3)19-17-10-5-4-7-14(17)11-12-18(19)32-24(21)27(2)25(26)30/h4-13,20H,1-3H3. The Morgan fingerprint density at radius 2 is 1.72 bits per heavy atom. The second kappa shape index (κ2) is 7.23. The van der Waals surface area contributed by atoms with E-state index >= 15 is 0 Å². The first-order valence-electron chi connectivity index (χ1n) is 10.1. The van der Waals surface area contributed by atoms with E-state index in [0.29, 0.717) is 22.6 Å². The molecule has 4 aromatic rings. The number of aromatic nitrogens is 2. The Balaban J connectivity index is 1.88. The third-order valence-electron chi connectivity index (χ3n) is 5.98. The Morgan fingerprint density at radius 1 is 0.938 bits per heavy atom. The highest BCUT2D eigenvalue weighted by atomic mass is 16.5. The number of benzene rings is 3. The smallest absolute Gasteiger partial charge is 0.333 e. The predicted octanol–water partition coefficient (Wildman–Crippen LogP) is 3.37. The van der Waals surface area contributed by atoms with Crippen molar-refractivity contribution in [3.63, 3.8) is 0 Å². The van der Waals surface area contributed by atoms with Gasteiger partial charge < -0.3 is 9.47 Å². The molecule has 1 atom stereocenters. The van der Waals surface area contributed by atoms with Gasteiger partial charge in [-0.2, -0.15) is 0 Å². The molecule has 0 spiro atoms. The maximum absolute atomic E-state index is 14.0. The summed E-state index contributed by atoms with van der Waals surface area (Å²) in [4.78, 5) is 39.8. The zero-order valence-electron chi connectivity index (χ0n) is 17.8. The van der Waals surface area contributed by atoms with E-state index in [2.05, 4.69) is 0 Å². The van der Waals surface area contributed by atoms with Crippen LogP contribution in [0.5, 0.6) is 17.4 Å². The summed E-state index contributed by atoms with van der Waals surface area (Å²) in [7, 11) is 4.46. The molecule has 1 aromatic heterocycles. The third-order valence-corrected chi connectivity index (χ3v) is 5.98. The molecule has 7 nitrogen and oxygen atoms in total. The quantitative estimate of drug-likeness (QED) is 0.468. The maximum Gasteiger partial charge on any atom is 0.333 e. The van der Waals surface area contributed by atoms with Crippen LogP contribution < -0.4 is 20.7 Å². The van der Waals surface area contributed by atoms with E-state index in [0.717, 1.165) is 15.3 Å². The Bertz CT molecular complexity index is 1530. The first-order valence-corrected chi connectivity index (χ1v) is 10.1. The van der Waals surface area contributed by atoms with Gasteiger partial charge in [0.1, 0.15) is 11.5 Å². The average molecular weight is 428 g/mol. The van der Waals surface area contributed by atoms with Crippen LogP contribution in [-0.4, -0.2) is 22.0 Å². The molecule has 3 aromatic carbocycles. The number of methoxy groups -OCH3 is 1. The van der Waals surface area contributed by atoms with Crippen LogP contribution in [0.2, 0.25) is 0 Å². The number of fused-ring (bicyclic) bond motifs is 4. The van der Waals surface area contributed by atoms with Crippen molar-refractivity contribution in [3.8, 4) is 17.4 Å². The van der Waals surface area contributed by atoms with Gasteiger partial charge in [0, 0.05) is 25.2 Å². The molecule has 0 saturated carbocycles. The lowest BCUT2D eigenvalue weighted by molar-refractivity contribution is 0.0968. The van der Waals surface area contributed by atoms with Crippen molar-refractivity contribution in [2.45, 2.75) is 5.92 Å². The van der Waals surface area contributed by atoms with E-state index in [1.54, 1.807) is 30.3 Å². The lowest BCUT2D eigenvalue weighted by Crippen LogP contribution is -2.42. The monoisotopic (exact) mass is 428 g/mol. The third kappa shape index (κ3) is 2.78. The molecule has 0 aliphatic carbocycles. The maximum atomic E-state index is 14.0. The van der Waals surface area contributed by atoms with Crippen molar-refractivity contribution in [2.75, 3.05) is 7.11 Å². The lowest BCUT2D eigenvalue weighted by atomic mass is 9.81. The van der Waals surface area contributed by atoms with Crippen LogP contribution in [0.4, 0.5) is 0 Å². The summed E-state index contributed by atoms with van der Waals surface area (Å²) in [5.41, 5.74) is 0.0796. The van der Waals surface area contributed by atoms with Crippen molar-refractivity contribution in [2.24, 2.45) is 14.1 Å². The number of nitrogens with zero attached hydrogens (tertiary/aromatic N) is 2. The van der Waals surface area contributed by atoms with Crippen LogP contribution in [-0.2, 0) is 14.1 Å². The Hall–Kier alpha value is -4.13. The van der Waals surface area contributed by atoms with Gasteiger partial charge in [-0.3, -0.25) is 18.7 Å². The molecule has 7 heteroatoms. The van der Waals surface area contributed by atoms with E-state index in [-0.39, 0.29) is 17.2 Å². The van der Waals surface area contributed by atoms with E-state index < -0.39 is 17.2 Å². The second-order valence-corrected chi connectivity index (χ2v) is 7.75. The minimum atomic E-state index is -0.947. The summed E-state index contributed by atoms with van der Waals surface area (Å²) in [5.74, 6) is -0.156. The van der Waals surface area contributed by atoms with Crippen LogP contribution in [0.3, 0.4) is 0 Å². The zero-order chi connectivity index (χ0) is 22.6. The Labute approximate surface area is 183 Å². The molecule has 0 N–H and O–H groups in total. The highest BCUT2D eigenvalue weighted by Gasteiger charge is 2.39. The van der Waals surface area contributed by atoms with Crippen molar-refractivity contribution in [1.29, 1.82) is 0 Å². The molecule has 1 aliphatic rings. The van der Waals surface area contributed by atoms with Crippen molar-refractivity contribution < 1.29 is 14.3 Å². The van der Waals surface area contributed by atoms with Gasteiger partial charge in [-0.05, 0) is 29.0 Å². The fraction of sp³-hybridized carbons (Fsp3) is 0.160. The van der Waals surface area contributed by atoms with Gasteiger partial charge in [-0.15, -0.1) is 0 Å². The highest BCUT2D eigenvalue weighted by Crippen LogP contribution is 2.46. The Kier molecular flexibility index (Phi) is 4.48. The molecular formula is C25H20N2O5. The van der Waals surface area contributed by atoms with E-state index in [1.165, 1.54) is 25.8 Å². The number of carbonyl (C=O) groups is 1. The average Bonchev–Trinajstić information content (AvgIpc) is 2.84. The largest absolute Gasteiger partial charge is 0.497 e. The molecule has 1 unspecified atom stereocenters. The fourth-order valence-electron chi connectivity index (χ4n) is 4.34. The topological polar surface area (TPSA) is 79.5 Å². The summed E-state index contributed by atoms with van der Waals surface area (Å²) in [6, 6.07) is 18.1. The Morgan fingerprint density at radius 3 is 2.50 bits per heavy atom. The molecule has 0 bridgehead atoms. The first-order chi connectivity index (χ1) is 15.4. The molecular weight excluding hydrogens is 408 g/mol. The molecule has 0 radical (unpaired) electrons. The number of ether oxygens (including phenoxy) is 2. The fourth-order valence-corrected chi connectivity index (χ4v) is 4.34. The van der Waals surface area contributed by atoms with E-state index in [4.69, 9.17) is 9.47 Å². The number of hydrogen-bond donors (Lipinski definition) is 0. The summed E-state index contributed by atoms with van der Waals surface area (Å²) in [6.07, 6.45) is 0. The molecule has 160 valence electrons. The number of Topliss-reactive ketones (excluding diaryl/α,β-unsaturated/α-hetero) is 1. The van der Waals surface area contributed by atoms with E-state index in [1.807, 2.05) is 30.3 Å². The molecule has 2 heterocycles. The minimum Gasteiger partial charge on any atom is -0.497 e. The highest BCUT2D eigenvalue weighted by molar-refractivity contribution is 6.07. The van der Waals surface area contributed by atoms with Gasteiger partial charge in [0.25, 0.3) is 5.56 Å². The SMILES string of the molecule is COc1cccc(C(=O)C2c3c(n(C)c(=O)n(C)c3=O)Oc3ccc4ccccc4c32)c1. The van der Waals surface area contributed by atoms with E-state index in [9.17, 15) is 14.4 Å². The molecule has 5 rings (SSSR count). The molecule has 1 aliphatic heterocycles. The minimum absolute atomic E-state index is 0.0853. The first kappa shape index (κ1) is 19.8. The van der Waals surface area contributed by atoms with Crippen molar-refractivity contribution in [1.82, 2.24) is 9.13 Å². The predicted molar refractivity (Wildman–Crippen MR) is 120 cm³/mol. The van der Waals surface area contributed by atoms with Gasteiger partial charge >= 0.3 is 5.69 Å². The van der Waals surface area contributed by atoms with Gasteiger partial charge in [-0.1, -0.05) is 42.5 Å². The second-order valence-electron chi connectivity index (χ2n) is 7.75. The summed E-state index contributed by atoms with van der Waals surface area (Å²) >= 11 is 0. The molecule has 32 heavy (non-hydrogen) atoms. The molecule has 0 amide bonds. The van der Waals surface area contributed by atoms with Crippen LogP contribution in [0.25, 0.3) is 10.8 Å². The van der Waals surface area contributed by atoms with Crippen LogP contribution in [0.15, 0.2) is 70.3 Å². The van der Waals surface area contributed by atoms with Crippen molar-refractivity contribution >= 4 is 16.6 Å². The summed E-state index contributed by atoms with van der Waals surface area (Å²) in [5, 5.41) is 1.73. The van der Waals surface area contributed by atoms with Crippen LogP contribution in [0, 0.1) is 0 Å². The lowest BCUT2D eigenvalue weighted by Gasteiger charge is -2.29. The number of carbonyl (C=O) groups excluding carboxylic acids is 1. The summed E-state index contributed by atoms with van der Waals surface area (Å²) in [6.45, 7) is 0. The number of rotatable bonds is 3. The number of hydrogen-bond acceptors (Lipinski definition) is 5. The van der Waals surface area contributed by atoms with Gasteiger partial charge in [0.2, 0.25) is 5.88 Å². The van der Waals surface area contributed by atoms with Gasteiger partial charge in [-0.25, -0.2) is 4.79 Å². The normalized spacial score (nSPS) is 14.4. The molecule has 0 fully saturated rings. The van der Waals surface area contributed by atoms with Gasteiger partial charge in [0.15, 0.2) is 5.78 Å². The number of ketones is 1. The zero-order valence-corrected chi connectivity index (χ0v) is 17.8.